The quantitative estimate of drug-likeness (QED) is 0.610. The van der Waals surface area contributed by atoms with Crippen LogP contribution in [-0.2, 0) is 6.54 Å². The molecule has 0 spiro atoms. The molecule has 0 unspecified atom stereocenters. The fourth-order valence-corrected chi connectivity index (χ4v) is 3.19. The molecule has 0 saturated carbocycles. The number of amides is 1. The van der Waals surface area contributed by atoms with Crippen LogP contribution in [0, 0.1) is 4.77 Å². The Morgan fingerprint density at radius 2 is 2.04 bits per heavy atom. The molecule has 0 bridgehead atoms. The van der Waals surface area contributed by atoms with Gasteiger partial charge in [0.1, 0.15) is 11.4 Å². The van der Waals surface area contributed by atoms with Crippen molar-refractivity contribution in [2.24, 2.45) is 0 Å². The van der Waals surface area contributed by atoms with Crippen LogP contribution in [0.1, 0.15) is 16.1 Å². The maximum atomic E-state index is 12.7. The SMILES string of the molecule is COc1ccc(Br)cc1CNC(=O)c1c[nH]c(=S)n1-c1ccccc1. The van der Waals surface area contributed by atoms with Crippen molar-refractivity contribution in [2.45, 2.75) is 6.54 Å². The topological polar surface area (TPSA) is 59.0 Å². The van der Waals surface area contributed by atoms with E-state index in [9.17, 15) is 4.79 Å². The minimum absolute atomic E-state index is 0.224. The van der Waals surface area contributed by atoms with Gasteiger partial charge < -0.3 is 15.0 Å². The Morgan fingerprint density at radius 1 is 1.28 bits per heavy atom. The highest BCUT2D eigenvalue weighted by atomic mass is 79.9. The molecule has 0 fully saturated rings. The maximum Gasteiger partial charge on any atom is 0.270 e. The molecular weight excluding hydrogens is 402 g/mol. The number of benzene rings is 2. The maximum absolute atomic E-state index is 12.7. The predicted molar refractivity (Wildman–Crippen MR) is 103 cm³/mol. The molecule has 5 nitrogen and oxygen atoms in total. The lowest BCUT2D eigenvalue weighted by Gasteiger charge is -2.11. The molecule has 0 radical (unpaired) electrons. The Morgan fingerprint density at radius 3 is 2.76 bits per heavy atom. The van der Waals surface area contributed by atoms with Gasteiger partial charge in [-0.25, -0.2) is 0 Å². The highest BCUT2D eigenvalue weighted by molar-refractivity contribution is 9.10. The van der Waals surface area contributed by atoms with E-state index < -0.39 is 0 Å². The van der Waals surface area contributed by atoms with E-state index in [1.807, 2.05) is 48.5 Å². The van der Waals surface area contributed by atoms with Gasteiger partial charge in [0, 0.05) is 28.5 Å². The first-order valence-corrected chi connectivity index (χ1v) is 8.76. The zero-order chi connectivity index (χ0) is 17.8. The molecule has 3 rings (SSSR count). The van der Waals surface area contributed by atoms with Crippen LogP contribution in [0.25, 0.3) is 5.69 Å². The lowest BCUT2D eigenvalue weighted by molar-refractivity contribution is 0.0943. The average molecular weight is 418 g/mol. The number of methoxy groups -OCH3 is 1. The van der Waals surface area contributed by atoms with Crippen LogP contribution in [0.3, 0.4) is 0 Å². The summed E-state index contributed by atoms with van der Waals surface area (Å²) in [6.07, 6.45) is 1.61. The van der Waals surface area contributed by atoms with Crippen molar-refractivity contribution < 1.29 is 9.53 Å². The van der Waals surface area contributed by atoms with Gasteiger partial charge >= 0.3 is 0 Å². The molecule has 25 heavy (non-hydrogen) atoms. The number of imidazole rings is 1. The van der Waals surface area contributed by atoms with Crippen molar-refractivity contribution in [2.75, 3.05) is 7.11 Å². The predicted octanol–water partition coefficient (Wildman–Crippen LogP) is 4.24. The molecule has 0 aliphatic rings. The fraction of sp³-hybridized carbons (Fsp3) is 0.111. The fourth-order valence-electron chi connectivity index (χ4n) is 2.52. The standard InChI is InChI=1S/C18H16BrN3O2S/c1-24-16-8-7-13(19)9-12(16)10-20-17(23)15-11-21-18(25)22(15)14-5-3-2-4-6-14/h2-9,11H,10H2,1H3,(H,20,23)(H,21,25). The number of halogens is 1. The van der Waals surface area contributed by atoms with Crippen LogP contribution < -0.4 is 10.1 Å². The van der Waals surface area contributed by atoms with Crippen LogP contribution in [0.4, 0.5) is 0 Å². The zero-order valence-electron chi connectivity index (χ0n) is 13.5. The van der Waals surface area contributed by atoms with E-state index in [0.717, 1.165) is 21.5 Å². The van der Waals surface area contributed by atoms with E-state index >= 15 is 0 Å². The second kappa shape index (κ2) is 7.67. The van der Waals surface area contributed by atoms with Crippen LogP contribution in [-0.4, -0.2) is 22.6 Å². The molecule has 0 saturated heterocycles. The molecule has 0 aliphatic heterocycles. The lowest BCUT2D eigenvalue weighted by Crippen LogP contribution is -2.25. The summed E-state index contributed by atoms with van der Waals surface area (Å²) in [7, 11) is 1.60. The molecule has 1 amide bonds. The van der Waals surface area contributed by atoms with Crippen molar-refractivity contribution in [1.82, 2.24) is 14.9 Å². The number of nitrogens with zero attached hydrogens (tertiary/aromatic N) is 1. The van der Waals surface area contributed by atoms with Crippen molar-refractivity contribution in [3.8, 4) is 11.4 Å². The minimum Gasteiger partial charge on any atom is -0.496 e. The van der Waals surface area contributed by atoms with Gasteiger partial charge in [-0.15, -0.1) is 0 Å². The highest BCUT2D eigenvalue weighted by Gasteiger charge is 2.15. The number of rotatable bonds is 5. The number of hydrogen-bond acceptors (Lipinski definition) is 3. The molecule has 128 valence electrons. The summed E-state index contributed by atoms with van der Waals surface area (Å²) in [4.78, 5) is 15.6. The third-order valence-corrected chi connectivity index (χ3v) is 4.50. The zero-order valence-corrected chi connectivity index (χ0v) is 15.9. The number of para-hydroxylation sites is 1. The van der Waals surface area contributed by atoms with Gasteiger partial charge in [0.25, 0.3) is 5.91 Å². The Hall–Kier alpha value is -2.38. The normalized spacial score (nSPS) is 10.5. The monoisotopic (exact) mass is 417 g/mol. The summed E-state index contributed by atoms with van der Waals surface area (Å²) in [5.41, 5.74) is 2.16. The molecule has 0 aliphatic carbocycles. The van der Waals surface area contributed by atoms with Crippen molar-refractivity contribution >= 4 is 34.1 Å². The summed E-state index contributed by atoms with van der Waals surface area (Å²) in [5.74, 6) is 0.496. The number of H-pyrrole nitrogens is 1. The number of hydrogen-bond donors (Lipinski definition) is 2. The van der Waals surface area contributed by atoms with Crippen LogP contribution >= 0.6 is 28.1 Å². The number of carbonyl (C=O) groups is 1. The van der Waals surface area contributed by atoms with Gasteiger partial charge in [-0.1, -0.05) is 34.1 Å². The van der Waals surface area contributed by atoms with Crippen molar-refractivity contribution in [3.63, 3.8) is 0 Å². The molecule has 3 aromatic rings. The smallest absolute Gasteiger partial charge is 0.270 e. The second-order valence-corrected chi connectivity index (χ2v) is 6.59. The molecule has 7 heteroatoms. The summed E-state index contributed by atoms with van der Waals surface area (Å²) in [5, 5.41) is 2.91. The van der Waals surface area contributed by atoms with Crippen LogP contribution in [0.15, 0.2) is 59.2 Å². The Kier molecular flexibility index (Phi) is 5.35. The Balaban J connectivity index is 1.84. The van der Waals surface area contributed by atoms with E-state index in [-0.39, 0.29) is 5.91 Å². The van der Waals surface area contributed by atoms with E-state index in [1.165, 1.54) is 0 Å². The Labute approximate surface area is 158 Å². The largest absolute Gasteiger partial charge is 0.496 e. The summed E-state index contributed by atoms with van der Waals surface area (Å²) in [6, 6.07) is 15.2. The number of nitrogens with one attached hydrogen (secondary N) is 2. The van der Waals surface area contributed by atoms with E-state index in [1.54, 1.807) is 17.9 Å². The minimum atomic E-state index is -0.224. The van der Waals surface area contributed by atoms with Gasteiger partial charge in [-0.05, 0) is 42.5 Å². The third kappa shape index (κ3) is 3.83. The van der Waals surface area contributed by atoms with Crippen molar-refractivity contribution in [1.29, 1.82) is 0 Å². The summed E-state index contributed by atoms with van der Waals surface area (Å²) < 4.78 is 8.44. The molecule has 1 aromatic heterocycles. The van der Waals surface area contributed by atoms with Crippen LogP contribution in [0.2, 0.25) is 0 Å². The van der Waals surface area contributed by atoms with Gasteiger partial charge in [0.15, 0.2) is 4.77 Å². The van der Waals surface area contributed by atoms with Gasteiger partial charge in [0.05, 0.1) is 7.11 Å². The molecule has 1 heterocycles. The number of aromatic nitrogens is 2. The summed E-state index contributed by atoms with van der Waals surface area (Å²) in [6.45, 7) is 0.341. The first kappa shape index (κ1) is 17.4. The molecule has 2 aromatic carbocycles. The van der Waals surface area contributed by atoms with E-state index in [2.05, 4.69) is 26.2 Å². The third-order valence-electron chi connectivity index (χ3n) is 3.71. The average Bonchev–Trinajstić information content (AvgIpc) is 3.02. The van der Waals surface area contributed by atoms with Gasteiger partial charge in [0.2, 0.25) is 0 Å². The van der Waals surface area contributed by atoms with E-state index in [0.29, 0.717) is 17.0 Å². The number of carbonyl (C=O) groups excluding carboxylic acids is 1. The van der Waals surface area contributed by atoms with E-state index in [4.69, 9.17) is 17.0 Å². The van der Waals surface area contributed by atoms with Gasteiger partial charge in [-0.2, -0.15) is 0 Å². The first-order chi connectivity index (χ1) is 12.1. The number of aromatic amines is 1. The van der Waals surface area contributed by atoms with Crippen LogP contribution in [0.5, 0.6) is 5.75 Å². The lowest BCUT2D eigenvalue weighted by atomic mass is 10.2. The summed E-state index contributed by atoms with van der Waals surface area (Å²) >= 11 is 8.74. The Bertz CT molecular complexity index is 950. The first-order valence-electron chi connectivity index (χ1n) is 7.56. The molecule has 0 atom stereocenters. The highest BCUT2D eigenvalue weighted by Crippen LogP contribution is 2.23. The van der Waals surface area contributed by atoms with Crippen molar-refractivity contribution in [3.05, 3.63) is 75.2 Å². The molecular formula is C18H16BrN3O2S. The van der Waals surface area contributed by atoms with Gasteiger partial charge in [-0.3, -0.25) is 9.36 Å². The molecule has 2 N–H and O–H groups in total. The number of ether oxygens (including phenoxy) is 1. The second-order valence-electron chi connectivity index (χ2n) is 5.29.